The molecular formula is C13H16ClNOS. The molecule has 0 heterocycles. The first-order valence-electron chi connectivity index (χ1n) is 5.37. The van der Waals surface area contributed by atoms with Gasteiger partial charge in [0.25, 0.3) is 0 Å². The molecule has 2 nitrogen and oxygen atoms in total. The monoisotopic (exact) mass is 269 g/mol. The van der Waals surface area contributed by atoms with Crippen LogP contribution in [0.25, 0.3) is 0 Å². The van der Waals surface area contributed by atoms with Crippen molar-refractivity contribution in [3.63, 3.8) is 0 Å². The van der Waals surface area contributed by atoms with Crippen LogP contribution in [0.5, 0.6) is 0 Å². The molecule has 1 N–H and O–H groups in total. The van der Waals surface area contributed by atoms with Gasteiger partial charge in [-0.1, -0.05) is 23.8 Å². The van der Waals surface area contributed by atoms with E-state index in [1.807, 2.05) is 31.2 Å². The third kappa shape index (κ3) is 6.39. The van der Waals surface area contributed by atoms with Crippen LogP contribution in [0, 0.1) is 0 Å². The van der Waals surface area contributed by atoms with Crippen molar-refractivity contribution >= 4 is 29.3 Å². The molecule has 0 aliphatic heterocycles. The Labute approximate surface area is 111 Å². The lowest BCUT2D eigenvalue weighted by Crippen LogP contribution is -2.24. The Morgan fingerprint density at radius 3 is 2.65 bits per heavy atom. The predicted molar refractivity (Wildman–Crippen MR) is 74.6 cm³/mol. The SMILES string of the molecule is C=C(C)CNC(=O)CCSc1ccc(Cl)cc1. The second-order valence-electron chi connectivity index (χ2n) is 3.79. The summed E-state index contributed by atoms with van der Waals surface area (Å²) in [6.07, 6.45) is 0.514. The summed E-state index contributed by atoms with van der Waals surface area (Å²) in [7, 11) is 0. The van der Waals surface area contributed by atoms with Crippen LogP contribution in [0.2, 0.25) is 5.02 Å². The minimum Gasteiger partial charge on any atom is -0.352 e. The summed E-state index contributed by atoms with van der Waals surface area (Å²) in [5.74, 6) is 0.832. The third-order valence-electron chi connectivity index (χ3n) is 2.00. The molecule has 1 aromatic rings. The maximum Gasteiger partial charge on any atom is 0.221 e. The average molecular weight is 270 g/mol. The second kappa shape index (κ2) is 7.41. The first kappa shape index (κ1) is 14.1. The molecule has 92 valence electrons. The maximum atomic E-state index is 11.4. The summed E-state index contributed by atoms with van der Waals surface area (Å²) in [6, 6.07) is 7.62. The fourth-order valence-corrected chi connectivity index (χ4v) is 2.11. The number of rotatable bonds is 6. The number of hydrogen-bond donors (Lipinski definition) is 1. The summed E-state index contributed by atoms with van der Waals surface area (Å²) in [4.78, 5) is 12.5. The Morgan fingerprint density at radius 1 is 1.41 bits per heavy atom. The number of halogens is 1. The lowest BCUT2D eigenvalue weighted by atomic mass is 10.3. The summed E-state index contributed by atoms with van der Waals surface area (Å²) in [5, 5.41) is 3.53. The Balaban J connectivity index is 2.21. The Bertz CT molecular complexity index is 389. The highest BCUT2D eigenvalue weighted by Gasteiger charge is 2.01. The number of hydrogen-bond acceptors (Lipinski definition) is 2. The predicted octanol–water partition coefficient (Wildman–Crippen LogP) is 3.51. The second-order valence-corrected chi connectivity index (χ2v) is 5.39. The van der Waals surface area contributed by atoms with Crippen molar-refractivity contribution in [1.29, 1.82) is 0 Å². The van der Waals surface area contributed by atoms with E-state index in [1.54, 1.807) is 11.8 Å². The molecule has 0 atom stereocenters. The Hall–Kier alpha value is -0.930. The number of thioether (sulfide) groups is 1. The van der Waals surface area contributed by atoms with Crippen LogP contribution in [0.3, 0.4) is 0 Å². The van der Waals surface area contributed by atoms with E-state index >= 15 is 0 Å². The van der Waals surface area contributed by atoms with Crippen LogP contribution in [0.4, 0.5) is 0 Å². The number of amides is 1. The first-order chi connectivity index (χ1) is 8.08. The molecule has 1 aromatic carbocycles. The molecule has 0 radical (unpaired) electrons. The highest BCUT2D eigenvalue weighted by Crippen LogP contribution is 2.20. The highest BCUT2D eigenvalue weighted by atomic mass is 35.5. The molecular weight excluding hydrogens is 254 g/mol. The molecule has 0 saturated heterocycles. The number of nitrogens with one attached hydrogen (secondary N) is 1. The normalized spacial score (nSPS) is 10.0. The molecule has 0 aliphatic carbocycles. The minimum absolute atomic E-state index is 0.0643. The van der Waals surface area contributed by atoms with Crippen LogP contribution >= 0.6 is 23.4 Å². The molecule has 1 rings (SSSR count). The van der Waals surface area contributed by atoms with Gasteiger partial charge in [-0.15, -0.1) is 11.8 Å². The smallest absolute Gasteiger partial charge is 0.221 e. The van der Waals surface area contributed by atoms with Gasteiger partial charge in [-0.3, -0.25) is 4.79 Å². The van der Waals surface area contributed by atoms with E-state index < -0.39 is 0 Å². The van der Waals surface area contributed by atoms with Gasteiger partial charge in [0, 0.05) is 28.6 Å². The molecule has 0 saturated carbocycles. The van der Waals surface area contributed by atoms with Crippen molar-refractivity contribution in [3.05, 3.63) is 41.4 Å². The van der Waals surface area contributed by atoms with Crippen LogP contribution in [0.1, 0.15) is 13.3 Å². The molecule has 0 aromatic heterocycles. The van der Waals surface area contributed by atoms with Crippen molar-refractivity contribution in [3.8, 4) is 0 Å². The maximum absolute atomic E-state index is 11.4. The Kier molecular flexibility index (Phi) is 6.16. The summed E-state index contributed by atoms with van der Waals surface area (Å²) < 4.78 is 0. The summed E-state index contributed by atoms with van der Waals surface area (Å²) in [6.45, 7) is 6.18. The zero-order chi connectivity index (χ0) is 12.7. The zero-order valence-electron chi connectivity index (χ0n) is 9.83. The summed E-state index contributed by atoms with van der Waals surface area (Å²) >= 11 is 7.44. The fourth-order valence-electron chi connectivity index (χ4n) is 1.13. The van der Waals surface area contributed by atoms with Gasteiger partial charge in [0.1, 0.15) is 0 Å². The third-order valence-corrected chi connectivity index (χ3v) is 3.26. The molecule has 1 amide bonds. The van der Waals surface area contributed by atoms with Crippen LogP contribution in [-0.4, -0.2) is 18.2 Å². The number of benzene rings is 1. The van der Waals surface area contributed by atoms with E-state index in [1.165, 1.54) is 0 Å². The van der Waals surface area contributed by atoms with Gasteiger partial charge in [0.05, 0.1) is 0 Å². The molecule has 0 fully saturated rings. The minimum atomic E-state index is 0.0643. The van der Waals surface area contributed by atoms with Crippen molar-refractivity contribution in [1.82, 2.24) is 5.32 Å². The standard InChI is InChI=1S/C13H16ClNOS/c1-10(2)9-15-13(16)7-8-17-12-5-3-11(14)4-6-12/h3-6H,1,7-9H2,2H3,(H,15,16). The van der Waals surface area contributed by atoms with Gasteiger partial charge in [-0.2, -0.15) is 0 Å². The van der Waals surface area contributed by atoms with E-state index in [4.69, 9.17) is 11.6 Å². The van der Waals surface area contributed by atoms with Crippen LogP contribution in [-0.2, 0) is 4.79 Å². The van der Waals surface area contributed by atoms with Crippen molar-refractivity contribution in [2.75, 3.05) is 12.3 Å². The van der Waals surface area contributed by atoms with Gasteiger partial charge in [0.2, 0.25) is 5.91 Å². The van der Waals surface area contributed by atoms with E-state index in [2.05, 4.69) is 11.9 Å². The van der Waals surface area contributed by atoms with E-state index in [0.717, 1.165) is 21.2 Å². The quantitative estimate of drug-likeness (QED) is 0.632. The molecule has 0 aliphatic rings. The van der Waals surface area contributed by atoms with E-state index in [-0.39, 0.29) is 5.91 Å². The largest absolute Gasteiger partial charge is 0.352 e. The lowest BCUT2D eigenvalue weighted by Gasteiger charge is -2.04. The van der Waals surface area contributed by atoms with Gasteiger partial charge in [0.15, 0.2) is 0 Å². The van der Waals surface area contributed by atoms with Crippen molar-refractivity contribution < 1.29 is 4.79 Å². The van der Waals surface area contributed by atoms with E-state index in [9.17, 15) is 4.79 Å². The van der Waals surface area contributed by atoms with Gasteiger partial charge in [-0.25, -0.2) is 0 Å². The lowest BCUT2D eigenvalue weighted by molar-refractivity contribution is -0.120. The van der Waals surface area contributed by atoms with Gasteiger partial charge in [-0.05, 0) is 31.2 Å². The average Bonchev–Trinajstić information content (AvgIpc) is 2.29. The van der Waals surface area contributed by atoms with E-state index in [0.29, 0.717) is 13.0 Å². The molecule has 0 spiro atoms. The highest BCUT2D eigenvalue weighted by molar-refractivity contribution is 7.99. The summed E-state index contributed by atoms with van der Waals surface area (Å²) in [5.41, 5.74) is 0.962. The molecule has 17 heavy (non-hydrogen) atoms. The van der Waals surface area contributed by atoms with Gasteiger partial charge < -0.3 is 5.32 Å². The zero-order valence-corrected chi connectivity index (χ0v) is 11.4. The van der Waals surface area contributed by atoms with Crippen molar-refractivity contribution in [2.24, 2.45) is 0 Å². The molecule has 0 unspecified atom stereocenters. The number of carbonyl (C=O) groups is 1. The van der Waals surface area contributed by atoms with Crippen LogP contribution < -0.4 is 5.32 Å². The number of carbonyl (C=O) groups excluding carboxylic acids is 1. The van der Waals surface area contributed by atoms with Crippen LogP contribution in [0.15, 0.2) is 41.3 Å². The fraction of sp³-hybridized carbons (Fsp3) is 0.308. The first-order valence-corrected chi connectivity index (χ1v) is 6.74. The molecule has 4 heteroatoms. The van der Waals surface area contributed by atoms with Crippen molar-refractivity contribution in [2.45, 2.75) is 18.2 Å². The van der Waals surface area contributed by atoms with Gasteiger partial charge >= 0.3 is 0 Å². The molecule has 0 bridgehead atoms. The Morgan fingerprint density at radius 2 is 2.06 bits per heavy atom. The topological polar surface area (TPSA) is 29.1 Å².